The fraction of sp³-hybridized carbons (Fsp3) is 0.316. The van der Waals surface area contributed by atoms with E-state index in [0.717, 1.165) is 30.6 Å². The summed E-state index contributed by atoms with van der Waals surface area (Å²) in [6, 6.07) is 17.5. The Balaban J connectivity index is 2.27. The zero-order valence-corrected chi connectivity index (χ0v) is 13.3. The fourth-order valence-corrected chi connectivity index (χ4v) is 2.39. The molecular weight excluding hydrogens is 274 g/mol. The van der Waals surface area contributed by atoms with Gasteiger partial charge in [-0.15, -0.1) is 0 Å². The first-order chi connectivity index (χ1) is 10.8. The van der Waals surface area contributed by atoms with E-state index in [9.17, 15) is 4.79 Å². The van der Waals surface area contributed by atoms with Gasteiger partial charge in [-0.05, 0) is 36.2 Å². The van der Waals surface area contributed by atoms with Crippen LogP contribution < -0.4 is 4.90 Å². The van der Waals surface area contributed by atoms with Crippen molar-refractivity contribution in [2.24, 2.45) is 0 Å². The molecule has 0 aromatic heterocycles. The topological polar surface area (TPSA) is 29.5 Å². The number of nitrogens with zero attached hydrogens (tertiary/aromatic N) is 1. The highest BCUT2D eigenvalue weighted by Crippen LogP contribution is 2.18. The first kappa shape index (κ1) is 16.2. The van der Waals surface area contributed by atoms with Crippen LogP contribution in [0, 0.1) is 0 Å². The number of ether oxygens (including phenoxy) is 1. The molecule has 0 heterocycles. The fourth-order valence-electron chi connectivity index (χ4n) is 2.39. The molecule has 0 spiro atoms. The Labute approximate surface area is 132 Å². The van der Waals surface area contributed by atoms with Gasteiger partial charge < -0.3 is 9.64 Å². The minimum Gasteiger partial charge on any atom is -0.380 e. The van der Waals surface area contributed by atoms with Crippen LogP contribution in [0.15, 0.2) is 54.6 Å². The average molecular weight is 297 g/mol. The predicted octanol–water partition coefficient (Wildman–Crippen LogP) is 4.28. The molecule has 22 heavy (non-hydrogen) atoms. The lowest BCUT2D eigenvalue weighted by Gasteiger charge is -2.23. The molecule has 0 unspecified atom stereocenters. The number of benzene rings is 2. The first-order valence-electron chi connectivity index (χ1n) is 7.71. The molecule has 0 N–H and O–H groups in total. The molecule has 0 saturated carbocycles. The summed E-state index contributed by atoms with van der Waals surface area (Å²) in [6.07, 6.45) is 2.04. The third-order valence-electron chi connectivity index (χ3n) is 3.53. The lowest BCUT2D eigenvalue weighted by molar-refractivity contribution is 0.0986. The van der Waals surface area contributed by atoms with E-state index in [0.29, 0.717) is 12.2 Å². The lowest BCUT2D eigenvalue weighted by atomic mass is 10.1. The third kappa shape index (κ3) is 4.18. The second-order valence-electron chi connectivity index (χ2n) is 5.28. The second kappa shape index (κ2) is 8.35. The minimum atomic E-state index is 0.0394. The molecule has 2 aromatic carbocycles. The summed E-state index contributed by atoms with van der Waals surface area (Å²) in [5.41, 5.74) is 2.66. The highest BCUT2D eigenvalue weighted by Gasteiger charge is 2.17. The zero-order valence-electron chi connectivity index (χ0n) is 13.3. The minimum absolute atomic E-state index is 0.0394. The van der Waals surface area contributed by atoms with Crippen molar-refractivity contribution in [1.29, 1.82) is 0 Å². The largest absolute Gasteiger partial charge is 0.380 e. The maximum atomic E-state index is 12.9. The third-order valence-corrected chi connectivity index (χ3v) is 3.53. The molecule has 0 aliphatic heterocycles. The normalized spacial score (nSPS) is 10.5. The van der Waals surface area contributed by atoms with Crippen LogP contribution in [-0.2, 0) is 11.3 Å². The van der Waals surface area contributed by atoms with Crippen LogP contribution in [0.5, 0.6) is 0 Å². The van der Waals surface area contributed by atoms with Gasteiger partial charge in [-0.2, -0.15) is 0 Å². The number of methoxy groups -OCH3 is 1. The number of anilines is 1. The van der Waals surface area contributed by atoms with E-state index in [-0.39, 0.29) is 5.91 Å². The molecule has 3 nitrogen and oxygen atoms in total. The number of amides is 1. The molecule has 2 aromatic rings. The van der Waals surface area contributed by atoms with Crippen LogP contribution in [0.4, 0.5) is 5.69 Å². The van der Waals surface area contributed by atoms with Crippen molar-refractivity contribution in [3.8, 4) is 0 Å². The van der Waals surface area contributed by atoms with Gasteiger partial charge >= 0.3 is 0 Å². The maximum Gasteiger partial charge on any atom is 0.258 e. The van der Waals surface area contributed by atoms with E-state index in [2.05, 4.69) is 6.92 Å². The van der Waals surface area contributed by atoms with Crippen molar-refractivity contribution in [3.05, 3.63) is 65.7 Å². The van der Waals surface area contributed by atoms with Crippen LogP contribution in [-0.4, -0.2) is 19.6 Å². The number of carbonyl (C=O) groups excluding carboxylic acids is 1. The van der Waals surface area contributed by atoms with E-state index in [4.69, 9.17) is 4.74 Å². The van der Waals surface area contributed by atoms with E-state index in [1.807, 2.05) is 59.5 Å². The van der Waals surface area contributed by atoms with E-state index < -0.39 is 0 Å². The molecule has 0 fully saturated rings. The highest BCUT2D eigenvalue weighted by atomic mass is 16.5. The Kier molecular flexibility index (Phi) is 6.16. The summed E-state index contributed by atoms with van der Waals surface area (Å²) in [4.78, 5) is 14.7. The van der Waals surface area contributed by atoms with Gasteiger partial charge in [0.25, 0.3) is 5.91 Å². The summed E-state index contributed by atoms with van der Waals surface area (Å²) >= 11 is 0. The predicted molar refractivity (Wildman–Crippen MR) is 90.2 cm³/mol. The monoisotopic (exact) mass is 297 g/mol. The van der Waals surface area contributed by atoms with Gasteiger partial charge in [-0.25, -0.2) is 0 Å². The number of para-hydroxylation sites is 1. The number of unbranched alkanes of at least 4 members (excludes halogenated alkanes) is 1. The van der Waals surface area contributed by atoms with Crippen molar-refractivity contribution < 1.29 is 9.53 Å². The van der Waals surface area contributed by atoms with Gasteiger partial charge in [-0.3, -0.25) is 4.79 Å². The molecule has 0 bridgehead atoms. The van der Waals surface area contributed by atoms with Crippen molar-refractivity contribution in [2.45, 2.75) is 26.4 Å². The van der Waals surface area contributed by atoms with Crippen LogP contribution in [0.2, 0.25) is 0 Å². The number of hydrogen-bond donors (Lipinski definition) is 0. The summed E-state index contributed by atoms with van der Waals surface area (Å²) < 4.78 is 5.15. The average Bonchev–Trinajstić information content (AvgIpc) is 2.56. The molecule has 0 saturated heterocycles. The summed E-state index contributed by atoms with van der Waals surface area (Å²) in [6.45, 7) is 3.38. The Morgan fingerprint density at radius 1 is 1.09 bits per heavy atom. The summed E-state index contributed by atoms with van der Waals surface area (Å²) in [7, 11) is 1.66. The quantitative estimate of drug-likeness (QED) is 0.763. The van der Waals surface area contributed by atoms with Crippen LogP contribution in [0.3, 0.4) is 0 Å². The Bertz CT molecular complexity index is 595. The lowest BCUT2D eigenvalue weighted by Crippen LogP contribution is -2.31. The van der Waals surface area contributed by atoms with Gasteiger partial charge in [0.1, 0.15) is 0 Å². The van der Waals surface area contributed by atoms with E-state index in [1.54, 1.807) is 7.11 Å². The molecule has 0 atom stereocenters. The van der Waals surface area contributed by atoms with Crippen molar-refractivity contribution >= 4 is 11.6 Å². The molecule has 0 aliphatic rings. The van der Waals surface area contributed by atoms with Crippen LogP contribution in [0.1, 0.15) is 35.7 Å². The van der Waals surface area contributed by atoms with Gasteiger partial charge in [0.15, 0.2) is 0 Å². The highest BCUT2D eigenvalue weighted by molar-refractivity contribution is 6.06. The Morgan fingerprint density at radius 2 is 1.86 bits per heavy atom. The first-order valence-corrected chi connectivity index (χ1v) is 7.71. The molecule has 2 rings (SSSR count). The van der Waals surface area contributed by atoms with Gasteiger partial charge in [0.05, 0.1) is 6.61 Å². The number of hydrogen-bond acceptors (Lipinski definition) is 2. The van der Waals surface area contributed by atoms with Crippen LogP contribution >= 0.6 is 0 Å². The molecule has 0 radical (unpaired) electrons. The van der Waals surface area contributed by atoms with Crippen molar-refractivity contribution in [2.75, 3.05) is 18.6 Å². The summed E-state index contributed by atoms with van der Waals surface area (Å²) in [5.74, 6) is 0.0394. The zero-order chi connectivity index (χ0) is 15.8. The molecule has 3 heteroatoms. The van der Waals surface area contributed by atoms with Crippen LogP contribution in [0.25, 0.3) is 0 Å². The summed E-state index contributed by atoms with van der Waals surface area (Å²) in [5, 5.41) is 0. The van der Waals surface area contributed by atoms with E-state index >= 15 is 0 Å². The van der Waals surface area contributed by atoms with E-state index in [1.165, 1.54) is 0 Å². The van der Waals surface area contributed by atoms with Crippen molar-refractivity contribution in [1.82, 2.24) is 0 Å². The van der Waals surface area contributed by atoms with Gasteiger partial charge in [-0.1, -0.05) is 43.7 Å². The Hall–Kier alpha value is -2.13. The number of carbonyl (C=O) groups is 1. The van der Waals surface area contributed by atoms with Gasteiger partial charge in [0, 0.05) is 24.9 Å². The molecule has 0 aliphatic carbocycles. The molecule has 116 valence electrons. The molecule has 1 amide bonds. The van der Waals surface area contributed by atoms with Gasteiger partial charge in [0.2, 0.25) is 0 Å². The Morgan fingerprint density at radius 3 is 2.55 bits per heavy atom. The number of rotatable bonds is 7. The standard InChI is InChI=1S/C19H23NO2/c1-3-4-13-20(18-11-6-5-7-12-18)19(21)17-10-8-9-16(14-17)15-22-2/h5-12,14H,3-4,13,15H2,1-2H3. The van der Waals surface area contributed by atoms with Crippen molar-refractivity contribution in [3.63, 3.8) is 0 Å². The SMILES string of the molecule is CCCCN(C(=O)c1cccc(COC)c1)c1ccccc1. The smallest absolute Gasteiger partial charge is 0.258 e. The second-order valence-corrected chi connectivity index (χ2v) is 5.28. The maximum absolute atomic E-state index is 12.9. The molecular formula is C19H23NO2.